The standard InChI is InChI=1S/C15H27NO2/c1-12-4-7-15(8-5-12,11-16-13-2-3-13)18-14-6-9-17-10-14/h12-14,16H,2-11H2,1H3. The molecule has 18 heavy (non-hydrogen) atoms. The summed E-state index contributed by atoms with van der Waals surface area (Å²) in [5.41, 5.74) is 0.105. The van der Waals surface area contributed by atoms with Crippen LogP contribution in [-0.4, -0.2) is 37.5 Å². The summed E-state index contributed by atoms with van der Waals surface area (Å²) in [5.74, 6) is 0.877. The van der Waals surface area contributed by atoms with Gasteiger partial charge in [-0.05, 0) is 50.9 Å². The third-order valence-electron chi connectivity index (χ3n) is 4.78. The van der Waals surface area contributed by atoms with Crippen molar-refractivity contribution in [3.8, 4) is 0 Å². The Kier molecular flexibility index (Phi) is 3.92. The predicted octanol–water partition coefficient (Wildman–Crippen LogP) is 2.49. The maximum absolute atomic E-state index is 6.48. The summed E-state index contributed by atoms with van der Waals surface area (Å²) in [6.45, 7) is 5.12. The monoisotopic (exact) mass is 253 g/mol. The van der Waals surface area contributed by atoms with Crippen LogP contribution in [0.2, 0.25) is 0 Å². The molecule has 3 rings (SSSR count). The molecular weight excluding hydrogens is 226 g/mol. The van der Waals surface area contributed by atoms with Crippen LogP contribution in [0.5, 0.6) is 0 Å². The summed E-state index contributed by atoms with van der Waals surface area (Å²) in [5, 5.41) is 3.69. The number of ether oxygens (including phenoxy) is 2. The van der Waals surface area contributed by atoms with Crippen molar-refractivity contribution in [3.05, 3.63) is 0 Å². The lowest BCUT2D eigenvalue weighted by Crippen LogP contribution is -2.48. The molecule has 0 aromatic heterocycles. The van der Waals surface area contributed by atoms with Crippen molar-refractivity contribution in [1.29, 1.82) is 0 Å². The molecule has 2 aliphatic carbocycles. The first-order valence-corrected chi connectivity index (χ1v) is 7.75. The van der Waals surface area contributed by atoms with E-state index in [1.165, 1.54) is 38.5 Å². The lowest BCUT2D eigenvalue weighted by molar-refractivity contribution is -0.116. The summed E-state index contributed by atoms with van der Waals surface area (Å²) >= 11 is 0. The van der Waals surface area contributed by atoms with Crippen LogP contribution in [0.25, 0.3) is 0 Å². The van der Waals surface area contributed by atoms with Crippen LogP contribution >= 0.6 is 0 Å². The van der Waals surface area contributed by atoms with Gasteiger partial charge < -0.3 is 14.8 Å². The maximum Gasteiger partial charge on any atom is 0.0838 e. The first kappa shape index (κ1) is 12.9. The molecule has 0 aromatic carbocycles. The topological polar surface area (TPSA) is 30.5 Å². The Labute approximate surface area is 111 Å². The smallest absolute Gasteiger partial charge is 0.0838 e. The second-order valence-electron chi connectivity index (χ2n) is 6.62. The molecule has 0 spiro atoms. The quantitative estimate of drug-likeness (QED) is 0.816. The van der Waals surface area contributed by atoms with E-state index in [2.05, 4.69) is 12.2 Å². The van der Waals surface area contributed by atoms with Crippen molar-refractivity contribution in [2.45, 2.75) is 69.6 Å². The fourth-order valence-corrected chi connectivity index (χ4v) is 3.20. The number of rotatable bonds is 5. The average Bonchev–Trinajstić information content (AvgIpc) is 3.08. The van der Waals surface area contributed by atoms with Gasteiger partial charge in [0.1, 0.15) is 0 Å². The van der Waals surface area contributed by atoms with Gasteiger partial charge in [0.15, 0.2) is 0 Å². The molecule has 0 bridgehead atoms. The molecule has 0 aromatic rings. The molecule has 0 radical (unpaired) electrons. The summed E-state index contributed by atoms with van der Waals surface area (Å²) in [6, 6.07) is 0.782. The zero-order valence-electron chi connectivity index (χ0n) is 11.6. The van der Waals surface area contributed by atoms with Gasteiger partial charge in [-0.25, -0.2) is 0 Å². The minimum atomic E-state index is 0.105. The number of hydrogen-bond donors (Lipinski definition) is 1. The highest BCUT2D eigenvalue weighted by molar-refractivity contribution is 4.93. The number of hydrogen-bond acceptors (Lipinski definition) is 3. The van der Waals surface area contributed by atoms with E-state index in [4.69, 9.17) is 9.47 Å². The van der Waals surface area contributed by atoms with Crippen molar-refractivity contribution >= 4 is 0 Å². The van der Waals surface area contributed by atoms with E-state index in [1.807, 2.05) is 0 Å². The Morgan fingerprint density at radius 1 is 1.17 bits per heavy atom. The van der Waals surface area contributed by atoms with Gasteiger partial charge >= 0.3 is 0 Å². The van der Waals surface area contributed by atoms with Crippen molar-refractivity contribution in [2.24, 2.45) is 5.92 Å². The molecule has 1 aliphatic heterocycles. The highest BCUT2D eigenvalue weighted by Crippen LogP contribution is 2.37. The second-order valence-corrected chi connectivity index (χ2v) is 6.62. The molecular formula is C15H27NO2. The molecule has 0 amide bonds. The number of nitrogens with one attached hydrogen (secondary N) is 1. The Hall–Kier alpha value is -0.120. The van der Waals surface area contributed by atoms with E-state index in [9.17, 15) is 0 Å². The molecule has 104 valence electrons. The molecule has 3 nitrogen and oxygen atoms in total. The lowest BCUT2D eigenvalue weighted by atomic mass is 9.79. The maximum atomic E-state index is 6.48. The molecule has 1 heterocycles. The minimum Gasteiger partial charge on any atom is -0.379 e. The Balaban J connectivity index is 1.57. The van der Waals surface area contributed by atoms with Crippen LogP contribution in [0.15, 0.2) is 0 Å². The zero-order valence-corrected chi connectivity index (χ0v) is 11.6. The van der Waals surface area contributed by atoms with E-state index < -0.39 is 0 Å². The fraction of sp³-hybridized carbons (Fsp3) is 1.00. The molecule has 3 heteroatoms. The van der Waals surface area contributed by atoms with Crippen LogP contribution in [-0.2, 0) is 9.47 Å². The van der Waals surface area contributed by atoms with E-state index in [0.717, 1.165) is 38.1 Å². The summed E-state index contributed by atoms with van der Waals surface area (Å²) in [7, 11) is 0. The van der Waals surface area contributed by atoms with Gasteiger partial charge in [-0.3, -0.25) is 0 Å². The van der Waals surface area contributed by atoms with Crippen molar-refractivity contribution < 1.29 is 9.47 Å². The first-order valence-electron chi connectivity index (χ1n) is 7.75. The van der Waals surface area contributed by atoms with Gasteiger partial charge in [-0.2, -0.15) is 0 Å². The molecule has 1 atom stereocenters. The molecule has 1 saturated heterocycles. The SMILES string of the molecule is CC1CCC(CNC2CC2)(OC2CCOC2)CC1. The van der Waals surface area contributed by atoms with Gasteiger partial charge in [-0.15, -0.1) is 0 Å². The van der Waals surface area contributed by atoms with Crippen LogP contribution in [0.4, 0.5) is 0 Å². The normalized spacial score (nSPS) is 41.2. The van der Waals surface area contributed by atoms with Crippen molar-refractivity contribution in [1.82, 2.24) is 5.32 Å². The minimum absolute atomic E-state index is 0.105. The largest absolute Gasteiger partial charge is 0.379 e. The highest BCUT2D eigenvalue weighted by atomic mass is 16.6. The molecule has 1 N–H and O–H groups in total. The summed E-state index contributed by atoms with van der Waals surface area (Å²) in [6.07, 6.45) is 9.24. The van der Waals surface area contributed by atoms with E-state index in [-0.39, 0.29) is 5.60 Å². The first-order chi connectivity index (χ1) is 8.76. The zero-order chi connectivity index (χ0) is 12.4. The van der Waals surface area contributed by atoms with Crippen molar-refractivity contribution in [3.63, 3.8) is 0 Å². The second kappa shape index (κ2) is 5.48. The Morgan fingerprint density at radius 2 is 1.94 bits per heavy atom. The van der Waals surface area contributed by atoms with Gasteiger partial charge in [0.05, 0.1) is 18.3 Å². The molecule has 3 aliphatic rings. The van der Waals surface area contributed by atoms with Gasteiger partial charge in [0.2, 0.25) is 0 Å². The van der Waals surface area contributed by atoms with Crippen LogP contribution < -0.4 is 5.32 Å². The lowest BCUT2D eigenvalue weighted by Gasteiger charge is -2.41. The van der Waals surface area contributed by atoms with E-state index >= 15 is 0 Å². The van der Waals surface area contributed by atoms with Gasteiger partial charge in [0, 0.05) is 19.2 Å². The van der Waals surface area contributed by atoms with E-state index in [0.29, 0.717) is 6.10 Å². The third kappa shape index (κ3) is 3.25. The van der Waals surface area contributed by atoms with Gasteiger partial charge in [0.25, 0.3) is 0 Å². The van der Waals surface area contributed by atoms with Crippen LogP contribution in [0, 0.1) is 5.92 Å². The van der Waals surface area contributed by atoms with Crippen molar-refractivity contribution in [2.75, 3.05) is 19.8 Å². The molecule has 3 fully saturated rings. The van der Waals surface area contributed by atoms with E-state index in [1.54, 1.807) is 0 Å². The Bertz CT molecular complexity index is 264. The Morgan fingerprint density at radius 3 is 2.56 bits per heavy atom. The fourth-order valence-electron chi connectivity index (χ4n) is 3.20. The average molecular weight is 253 g/mol. The van der Waals surface area contributed by atoms with Crippen LogP contribution in [0.3, 0.4) is 0 Å². The third-order valence-corrected chi connectivity index (χ3v) is 4.78. The van der Waals surface area contributed by atoms with Gasteiger partial charge in [-0.1, -0.05) is 6.92 Å². The molecule has 2 saturated carbocycles. The summed E-state index contributed by atoms with van der Waals surface area (Å²) < 4.78 is 11.9. The molecule has 1 unspecified atom stereocenters. The predicted molar refractivity (Wildman–Crippen MR) is 71.7 cm³/mol. The highest BCUT2D eigenvalue weighted by Gasteiger charge is 2.39. The summed E-state index contributed by atoms with van der Waals surface area (Å²) in [4.78, 5) is 0. The van der Waals surface area contributed by atoms with Crippen LogP contribution in [0.1, 0.15) is 51.9 Å².